The number of carbonyl (C=O) groups is 1. The number of hydrogen-bond donors (Lipinski definition) is 7. The second-order valence-corrected chi connectivity index (χ2v) is 12.2. The number of fused-ring (bicyclic) bond motifs is 1. The number of ether oxygens (including phenoxy) is 3. The first-order valence-electron chi connectivity index (χ1n) is 12.0. The lowest BCUT2D eigenvalue weighted by atomic mass is 9.99. The summed E-state index contributed by atoms with van der Waals surface area (Å²) < 4.78 is 131. The lowest BCUT2D eigenvalue weighted by Gasteiger charge is -2.38. The predicted octanol–water partition coefficient (Wildman–Crippen LogP) is -1.72. The summed E-state index contributed by atoms with van der Waals surface area (Å²) in [6.07, 6.45) is -11.1. The van der Waals surface area contributed by atoms with Crippen molar-refractivity contribution in [2.75, 3.05) is 7.11 Å². The molecular weight excluding hydrogens is 712 g/mol. The van der Waals surface area contributed by atoms with Crippen LogP contribution in [0, 0.1) is 0 Å². The number of aliphatic hydroxyl groups excluding tert-OH is 3. The molecule has 0 amide bonds. The monoisotopic (exact) mass is 732 g/mol. The molecule has 1 saturated heterocycles. The first-order valence-corrected chi connectivity index (χ1v) is 16.1. The molecule has 22 nitrogen and oxygen atoms in total. The van der Waals surface area contributed by atoms with Crippen LogP contribution >= 0.6 is 0 Å². The van der Waals surface area contributed by atoms with Gasteiger partial charge in [0.1, 0.15) is 35.0 Å². The Labute approximate surface area is 261 Å². The van der Waals surface area contributed by atoms with Crippen LogP contribution in [0.2, 0.25) is 0 Å². The molecule has 5 atom stereocenters. The van der Waals surface area contributed by atoms with Crippen LogP contribution in [0.5, 0.6) is 28.7 Å². The van der Waals surface area contributed by atoms with Gasteiger partial charge < -0.3 is 51.6 Å². The summed E-state index contributed by atoms with van der Waals surface area (Å²) >= 11 is 0. The van der Waals surface area contributed by atoms with Crippen molar-refractivity contribution in [3.8, 4) is 40.1 Å². The molecule has 0 radical (unpaired) electrons. The van der Waals surface area contributed by atoms with Gasteiger partial charge in [0.25, 0.3) is 0 Å². The fourth-order valence-electron chi connectivity index (χ4n) is 4.11. The van der Waals surface area contributed by atoms with Gasteiger partial charge in [-0.2, -0.15) is 25.3 Å². The summed E-state index contributed by atoms with van der Waals surface area (Å²) in [7, 11) is -15.2. The molecule has 1 aromatic heterocycles. The van der Waals surface area contributed by atoms with E-state index in [-0.39, 0.29) is 5.75 Å². The highest BCUT2D eigenvalue weighted by Crippen LogP contribution is 2.41. The van der Waals surface area contributed by atoms with Gasteiger partial charge in [0, 0.05) is 17.7 Å². The van der Waals surface area contributed by atoms with Crippen molar-refractivity contribution in [3.05, 3.63) is 40.6 Å². The van der Waals surface area contributed by atoms with Gasteiger partial charge in [0.15, 0.2) is 29.1 Å². The van der Waals surface area contributed by atoms with Gasteiger partial charge in [0.2, 0.25) is 17.5 Å². The fourth-order valence-corrected chi connectivity index (χ4v) is 5.19. The summed E-state index contributed by atoms with van der Waals surface area (Å²) in [5, 5.41) is 38.8. The highest BCUT2D eigenvalue weighted by molar-refractivity contribution is 7.81. The van der Waals surface area contributed by atoms with Gasteiger partial charge in [-0.05, 0) is 18.2 Å². The number of aliphatic hydroxyl groups is 3. The largest absolute Gasteiger partial charge is 0.496 e. The van der Waals surface area contributed by atoms with Crippen LogP contribution in [0.15, 0.2) is 39.5 Å². The zero-order valence-electron chi connectivity index (χ0n) is 22.8. The van der Waals surface area contributed by atoms with E-state index >= 15 is 0 Å². The Morgan fingerprint density at radius 1 is 0.787 bits per heavy atom. The molecule has 5 unspecified atom stereocenters. The summed E-state index contributed by atoms with van der Waals surface area (Å²) in [5.74, 6) is -7.27. The number of benzene rings is 2. The smallest absolute Gasteiger partial charge is 0.446 e. The van der Waals surface area contributed by atoms with E-state index in [9.17, 15) is 68.9 Å². The quantitative estimate of drug-likeness (QED) is 0.108. The molecule has 25 heteroatoms. The predicted molar refractivity (Wildman–Crippen MR) is 146 cm³/mol. The lowest BCUT2D eigenvalue weighted by Crippen LogP contribution is -2.61. The molecule has 4 rings (SSSR count). The van der Waals surface area contributed by atoms with E-state index < -0.39 is 119 Å². The molecule has 2 heterocycles. The number of carboxylic acids is 1. The van der Waals surface area contributed by atoms with Crippen molar-refractivity contribution in [1.82, 2.24) is 0 Å². The summed E-state index contributed by atoms with van der Waals surface area (Å²) in [4.78, 5) is 25.0. The third-order valence-corrected chi connectivity index (χ3v) is 7.13. The van der Waals surface area contributed by atoms with Gasteiger partial charge in [-0.25, -0.2) is 4.79 Å². The van der Waals surface area contributed by atoms with Crippen LogP contribution in [0.1, 0.15) is 0 Å². The summed E-state index contributed by atoms with van der Waals surface area (Å²) in [6.45, 7) is 0. The van der Waals surface area contributed by atoms with Crippen LogP contribution in [-0.2, 0) is 40.7 Å². The van der Waals surface area contributed by atoms with Crippen LogP contribution in [0.25, 0.3) is 22.3 Å². The van der Waals surface area contributed by atoms with Crippen molar-refractivity contribution in [3.63, 3.8) is 0 Å². The third kappa shape index (κ3) is 8.16. The van der Waals surface area contributed by atoms with E-state index in [1.807, 2.05) is 0 Å². The second kappa shape index (κ2) is 12.7. The lowest BCUT2D eigenvalue weighted by molar-refractivity contribution is -0.271. The van der Waals surface area contributed by atoms with E-state index in [1.54, 1.807) is 0 Å². The van der Waals surface area contributed by atoms with E-state index in [2.05, 4.69) is 12.5 Å². The number of carboxylic acid groups (broad SMARTS) is 1. The van der Waals surface area contributed by atoms with Crippen molar-refractivity contribution in [1.29, 1.82) is 0 Å². The molecule has 2 aromatic carbocycles. The Bertz CT molecular complexity index is 2110. The first kappa shape index (κ1) is 35.5. The molecular formula is C22H20O22S3. The van der Waals surface area contributed by atoms with Gasteiger partial charge in [-0.1, -0.05) is 0 Å². The van der Waals surface area contributed by atoms with Crippen molar-refractivity contribution in [2.24, 2.45) is 0 Å². The zero-order chi connectivity index (χ0) is 35.2. The summed E-state index contributed by atoms with van der Waals surface area (Å²) in [5.41, 5.74) is -2.74. The van der Waals surface area contributed by atoms with E-state index in [1.165, 1.54) is 0 Å². The molecule has 0 saturated carbocycles. The molecule has 0 aliphatic carbocycles. The highest BCUT2D eigenvalue weighted by atomic mass is 32.3. The van der Waals surface area contributed by atoms with E-state index in [4.69, 9.17) is 18.6 Å². The minimum absolute atomic E-state index is 0.258. The van der Waals surface area contributed by atoms with Crippen LogP contribution in [0.4, 0.5) is 0 Å². The average Bonchev–Trinajstić information content (AvgIpc) is 2.92. The van der Waals surface area contributed by atoms with E-state index in [0.29, 0.717) is 12.1 Å². The zero-order valence-corrected chi connectivity index (χ0v) is 25.2. The number of methoxy groups -OCH3 is 1. The minimum Gasteiger partial charge on any atom is -0.496 e. The maximum atomic E-state index is 13.5. The van der Waals surface area contributed by atoms with Crippen LogP contribution in [0.3, 0.4) is 0 Å². The van der Waals surface area contributed by atoms with Gasteiger partial charge >= 0.3 is 37.2 Å². The third-order valence-electron chi connectivity index (χ3n) is 5.97. The standard InChI is InChI=1S/C22H20O22S3/c1-38-8-5-11-13(12(6-8)43-46(32,33)34)14(23)19(44-47(35,36)37)18(39-11)7-2-3-9(42-45(29,30)31)10(4-7)40-22-17(26)15(24)16(25)20(41-22)21(27)28/h2-6,15-17,20,22,24-26H,1H3,(H,27,28)(H,29,30,31)(H,32,33,34)(H,35,36,37). The van der Waals surface area contributed by atoms with Gasteiger partial charge in [0.05, 0.1) is 7.11 Å². The average molecular weight is 733 g/mol. The summed E-state index contributed by atoms with van der Waals surface area (Å²) in [6, 6.07) is 3.87. The fraction of sp³-hybridized carbons (Fsp3) is 0.273. The topological polar surface area (TPSA) is 347 Å². The SMILES string of the molecule is COc1cc(OS(=O)(=O)O)c2c(=O)c(OS(=O)(=O)O)c(-c3ccc(OS(=O)(=O)O)c(OC4OC(C(=O)O)C(O)C(O)C4O)c3)oc2c1. The Morgan fingerprint density at radius 3 is 1.94 bits per heavy atom. The molecule has 1 aliphatic rings. The normalized spacial score (nSPS) is 22.0. The molecule has 1 aliphatic heterocycles. The number of rotatable bonds is 11. The highest BCUT2D eigenvalue weighted by Gasteiger charge is 2.48. The Balaban J connectivity index is 1.99. The van der Waals surface area contributed by atoms with Crippen molar-refractivity contribution < 1.29 is 95.3 Å². The maximum Gasteiger partial charge on any atom is 0.446 e. The van der Waals surface area contributed by atoms with Gasteiger partial charge in [-0.3, -0.25) is 18.5 Å². The first-order chi connectivity index (χ1) is 21.6. The Hall–Kier alpha value is -4.31. The molecule has 3 aromatic rings. The van der Waals surface area contributed by atoms with Gasteiger partial charge in [-0.15, -0.1) is 0 Å². The number of aliphatic carboxylic acids is 1. The molecule has 258 valence electrons. The number of hydrogen-bond acceptors (Lipinski definition) is 18. The molecule has 0 bridgehead atoms. The molecule has 47 heavy (non-hydrogen) atoms. The second-order valence-electron chi connectivity index (χ2n) is 9.14. The Kier molecular flexibility index (Phi) is 9.61. The van der Waals surface area contributed by atoms with Crippen LogP contribution in [-0.4, -0.2) is 103 Å². The maximum absolute atomic E-state index is 13.5. The van der Waals surface area contributed by atoms with Crippen LogP contribution < -0.4 is 27.5 Å². The minimum atomic E-state index is -5.58. The Morgan fingerprint density at radius 2 is 1.38 bits per heavy atom. The molecule has 1 fully saturated rings. The van der Waals surface area contributed by atoms with Crippen molar-refractivity contribution >= 4 is 48.1 Å². The van der Waals surface area contributed by atoms with Crippen molar-refractivity contribution in [2.45, 2.75) is 30.7 Å². The molecule has 0 spiro atoms. The molecule has 7 N–H and O–H groups in total. The van der Waals surface area contributed by atoms with E-state index in [0.717, 1.165) is 25.3 Å².